The number of alkyl halides is 2. The summed E-state index contributed by atoms with van der Waals surface area (Å²) in [6, 6.07) is 5.79. The van der Waals surface area contributed by atoms with Gasteiger partial charge in [-0.3, -0.25) is 0 Å². The van der Waals surface area contributed by atoms with Gasteiger partial charge in [-0.1, -0.05) is 6.07 Å². The number of benzene rings is 1. The summed E-state index contributed by atoms with van der Waals surface area (Å²) >= 11 is 0. The van der Waals surface area contributed by atoms with E-state index in [1.165, 1.54) is 12.8 Å². The van der Waals surface area contributed by atoms with Crippen molar-refractivity contribution < 1.29 is 18.3 Å². The van der Waals surface area contributed by atoms with E-state index < -0.39 is 6.61 Å². The van der Waals surface area contributed by atoms with Gasteiger partial charge < -0.3 is 14.8 Å². The molecule has 1 fully saturated rings. The molecule has 5 heteroatoms. The van der Waals surface area contributed by atoms with Gasteiger partial charge in [-0.05, 0) is 50.4 Å². The number of halogens is 2. The molecule has 0 aliphatic heterocycles. The van der Waals surface area contributed by atoms with Crippen LogP contribution in [0.1, 0.15) is 25.3 Å². The largest absolute Gasteiger partial charge is 0.490 e. The highest BCUT2D eigenvalue weighted by Crippen LogP contribution is 2.30. The van der Waals surface area contributed by atoms with Crippen LogP contribution in [0.2, 0.25) is 0 Å². The minimum atomic E-state index is -2.83. The van der Waals surface area contributed by atoms with Gasteiger partial charge in [-0.25, -0.2) is 0 Å². The standard InChI is InChI=1S/C14H19F2NO2/c1-2-18-13-9-10(7-8-17-11-4-5-11)3-6-12(13)19-14(15)16/h3,6,9,11,14,17H,2,4-5,7-8H2,1H3. The van der Waals surface area contributed by atoms with Gasteiger partial charge in [0.25, 0.3) is 0 Å². The van der Waals surface area contributed by atoms with Gasteiger partial charge in [-0.15, -0.1) is 0 Å². The summed E-state index contributed by atoms with van der Waals surface area (Å²) in [7, 11) is 0. The van der Waals surface area contributed by atoms with Gasteiger partial charge in [0.2, 0.25) is 0 Å². The molecule has 1 aromatic rings. The predicted molar refractivity (Wildman–Crippen MR) is 69.0 cm³/mol. The molecule has 1 aliphatic rings. The molecule has 0 aromatic heterocycles. The maximum absolute atomic E-state index is 12.3. The minimum Gasteiger partial charge on any atom is -0.490 e. The average Bonchev–Trinajstić information content (AvgIpc) is 3.16. The highest BCUT2D eigenvalue weighted by Gasteiger charge is 2.19. The van der Waals surface area contributed by atoms with Crippen molar-refractivity contribution in [3.8, 4) is 11.5 Å². The molecule has 0 radical (unpaired) electrons. The zero-order valence-electron chi connectivity index (χ0n) is 11.0. The highest BCUT2D eigenvalue weighted by molar-refractivity contribution is 5.43. The summed E-state index contributed by atoms with van der Waals surface area (Å²) in [6.45, 7) is 0.295. The molecule has 0 heterocycles. The fourth-order valence-electron chi connectivity index (χ4n) is 1.88. The fraction of sp³-hybridized carbons (Fsp3) is 0.571. The number of nitrogens with one attached hydrogen (secondary N) is 1. The van der Waals surface area contributed by atoms with Gasteiger partial charge in [0, 0.05) is 6.04 Å². The Morgan fingerprint density at radius 3 is 2.74 bits per heavy atom. The normalized spacial score (nSPS) is 14.7. The first-order valence-corrected chi connectivity index (χ1v) is 6.63. The molecule has 0 atom stereocenters. The van der Waals surface area contributed by atoms with Gasteiger partial charge >= 0.3 is 6.61 Å². The van der Waals surface area contributed by atoms with Crippen LogP contribution in [0, 0.1) is 0 Å². The summed E-state index contributed by atoms with van der Waals surface area (Å²) in [5.41, 5.74) is 1.05. The second-order valence-electron chi connectivity index (χ2n) is 4.57. The van der Waals surface area contributed by atoms with Crippen LogP contribution in [-0.2, 0) is 6.42 Å². The number of ether oxygens (including phenoxy) is 2. The van der Waals surface area contributed by atoms with Gasteiger partial charge in [0.05, 0.1) is 6.61 Å². The SMILES string of the molecule is CCOc1cc(CCNC2CC2)ccc1OC(F)F. The van der Waals surface area contributed by atoms with Crippen molar-refractivity contribution in [1.82, 2.24) is 5.32 Å². The van der Waals surface area contributed by atoms with Crippen LogP contribution in [0.5, 0.6) is 11.5 Å². The summed E-state index contributed by atoms with van der Waals surface area (Å²) in [5.74, 6) is 0.475. The highest BCUT2D eigenvalue weighted by atomic mass is 19.3. The lowest BCUT2D eigenvalue weighted by Gasteiger charge is -2.13. The van der Waals surface area contributed by atoms with E-state index in [4.69, 9.17) is 4.74 Å². The van der Waals surface area contributed by atoms with E-state index in [2.05, 4.69) is 10.1 Å². The summed E-state index contributed by atoms with van der Waals surface area (Å²) < 4.78 is 34.3. The van der Waals surface area contributed by atoms with Crippen molar-refractivity contribution >= 4 is 0 Å². The van der Waals surface area contributed by atoms with Crippen molar-refractivity contribution in [2.45, 2.75) is 38.8 Å². The van der Waals surface area contributed by atoms with E-state index in [0.29, 0.717) is 18.4 Å². The zero-order chi connectivity index (χ0) is 13.7. The molecule has 0 unspecified atom stereocenters. The van der Waals surface area contributed by atoms with E-state index in [-0.39, 0.29) is 5.75 Å². The summed E-state index contributed by atoms with van der Waals surface area (Å²) in [6.07, 6.45) is 3.36. The first-order valence-electron chi connectivity index (χ1n) is 6.63. The van der Waals surface area contributed by atoms with Crippen LogP contribution in [0.3, 0.4) is 0 Å². The van der Waals surface area contributed by atoms with E-state index in [9.17, 15) is 8.78 Å². The molecule has 0 amide bonds. The molecule has 106 valence electrons. The van der Waals surface area contributed by atoms with Crippen LogP contribution in [-0.4, -0.2) is 25.8 Å². The molecular weight excluding hydrogens is 252 g/mol. The van der Waals surface area contributed by atoms with E-state index in [0.717, 1.165) is 18.5 Å². The molecule has 0 spiro atoms. The van der Waals surface area contributed by atoms with E-state index in [1.54, 1.807) is 18.2 Å². The molecule has 1 N–H and O–H groups in total. The zero-order valence-corrected chi connectivity index (χ0v) is 11.0. The summed E-state index contributed by atoms with van der Waals surface area (Å²) in [5, 5.41) is 3.41. The third-order valence-corrected chi connectivity index (χ3v) is 2.95. The fourth-order valence-corrected chi connectivity index (χ4v) is 1.88. The third-order valence-electron chi connectivity index (χ3n) is 2.95. The molecular formula is C14H19F2NO2. The Bertz CT molecular complexity index is 408. The lowest BCUT2D eigenvalue weighted by molar-refractivity contribution is -0.0514. The Hall–Kier alpha value is -1.36. The first-order chi connectivity index (χ1) is 9.19. The Kier molecular flexibility index (Phi) is 4.96. The molecule has 1 aromatic carbocycles. The molecule has 1 saturated carbocycles. The average molecular weight is 271 g/mol. The van der Waals surface area contributed by atoms with Crippen molar-refractivity contribution in [2.75, 3.05) is 13.2 Å². The van der Waals surface area contributed by atoms with Crippen molar-refractivity contribution in [2.24, 2.45) is 0 Å². The molecule has 0 bridgehead atoms. The maximum atomic E-state index is 12.3. The van der Waals surface area contributed by atoms with Crippen molar-refractivity contribution in [3.05, 3.63) is 23.8 Å². The van der Waals surface area contributed by atoms with Gasteiger partial charge in [0.15, 0.2) is 11.5 Å². The molecule has 3 nitrogen and oxygen atoms in total. The minimum absolute atomic E-state index is 0.0933. The Labute approximate surface area is 111 Å². The monoisotopic (exact) mass is 271 g/mol. The smallest absolute Gasteiger partial charge is 0.387 e. The van der Waals surface area contributed by atoms with Crippen LogP contribution in [0.15, 0.2) is 18.2 Å². The van der Waals surface area contributed by atoms with Crippen LogP contribution >= 0.6 is 0 Å². The molecule has 0 saturated heterocycles. The number of rotatable bonds is 8. The Morgan fingerprint density at radius 1 is 1.32 bits per heavy atom. The molecule has 19 heavy (non-hydrogen) atoms. The maximum Gasteiger partial charge on any atom is 0.387 e. The van der Waals surface area contributed by atoms with Gasteiger partial charge in [-0.2, -0.15) is 8.78 Å². The van der Waals surface area contributed by atoms with Crippen molar-refractivity contribution in [1.29, 1.82) is 0 Å². The second-order valence-corrected chi connectivity index (χ2v) is 4.57. The Morgan fingerprint density at radius 2 is 2.11 bits per heavy atom. The lowest BCUT2D eigenvalue weighted by atomic mass is 10.1. The predicted octanol–water partition coefficient (Wildman–Crippen LogP) is 2.98. The molecule has 2 rings (SSSR count). The van der Waals surface area contributed by atoms with Crippen LogP contribution in [0.4, 0.5) is 8.78 Å². The van der Waals surface area contributed by atoms with E-state index >= 15 is 0 Å². The quantitative estimate of drug-likeness (QED) is 0.788. The van der Waals surface area contributed by atoms with Gasteiger partial charge in [0.1, 0.15) is 0 Å². The van der Waals surface area contributed by atoms with Crippen molar-refractivity contribution in [3.63, 3.8) is 0 Å². The van der Waals surface area contributed by atoms with Crippen LogP contribution < -0.4 is 14.8 Å². The van der Waals surface area contributed by atoms with Crippen LogP contribution in [0.25, 0.3) is 0 Å². The lowest BCUT2D eigenvalue weighted by Crippen LogP contribution is -2.19. The topological polar surface area (TPSA) is 30.5 Å². The van der Waals surface area contributed by atoms with E-state index in [1.807, 2.05) is 6.92 Å². The Balaban J connectivity index is 1.96. The molecule has 1 aliphatic carbocycles. The third kappa shape index (κ3) is 4.67. The number of hydrogen-bond acceptors (Lipinski definition) is 3. The number of hydrogen-bond donors (Lipinski definition) is 1. The first kappa shape index (κ1) is 14.1. The second kappa shape index (κ2) is 6.70. The summed E-state index contributed by atoms with van der Waals surface area (Å²) in [4.78, 5) is 0.